The lowest BCUT2D eigenvalue weighted by atomic mass is 10.1. The van der Waals surface area contributed by atoms with Crippen molar-refractivity contribution in [3.8, 4) is 0 Å². The third-order valence-corrected chi connectivity index (χ3v) is 4.75. The lowest BCUT2D eigenvalue weighted by Gasteiger charge is -2.27. The molecule has 2 aromatic carbocycles. The molecule has 1 heterocycles. The number of carbonyl (C=O) groups is 3. The maximum Gasteiger partial charge on any atom is 0.407 e. The molecule has 3 rings (SSSR count). The van der Waals surface area contributed by atoms with Crippen molar-refractivity contribution < 1.29 is 23.9 Å². The smallest absolute Gasteiger partial charge is 0.407 e. The van der Waals surface area contributed by atoms with Crippen LogP contribution in [0.1, 0.15) is 15.9 Å². The first-order valence-electron chi connectivity index (χ1n) is 9.73. The van der Waals surface area contributed by atoms with Crippen LogP contribution in [0.2, 0.25) is 0 Å². The first kappa shape index (κ1) is 21.3. The van der Waals surface area contributed by atoms with Gasteiger partial charge >= 0.3 is 6.09 Å². The van der Waals surface area contributed by atoms with Gasteiger partial charge in [-0.05, 0) is 23.8 Å². The van der Waals surface area contributed by atoms with Gasteiger partial charge in [-0.1, -0.05) is 36.4 Å². The minimum absolute atomic E-state index is 0.108. The molecular weight excluding hydrogens is 386 g/mol. The summed E-state index contributed by atoms with van der Waals surface area (Å²) >= 11 is 0. The van der Waals surface area contributed by atoms with E-state index in [1.165, 1.54) is 7.11 Å². The monoisotopic (exact) mass is 411 g/mol. The molecule has 8 nitrogen and oxygen atoms in total. The predicted octanol–water partition coefficient (Wildman–Crippen LogP) is 2.06. The van der Waals surface area contributed by atoms with Crippen molar-refractivity contribution in [3.05, 3.63) is 65.7 Å². The van der Waals surface area contributed by atoms with Gasteiger partial charge in [0.1, 0.15) is 6.04 Å². The van der Waals surface area contributed by atoms with E-state index in [1.54, 1.807) is 29.2 Å². The Balaban J connectivity index is 1.71. The number of ether oxygens (including phenoxy) is 2. The van der Waals surface area contributed by atoms with Gasteiger partial charge in [-0.3, -0.25) is 9.59 Å². The van der Waals surface area contributed by atoms with Crippen molar-refractivity contribution in [1.29, 1.82) is 0 Å². The molecule has 0 bridgehead atoms. The van der Waals surface area contributed by atoms with Crippen LogP contribution in [0, 0.1) is 0 Å². The van der Waals surface area contributed by atoms with Crippen LogP contribution >= 0.6 is 0 Å². The molecule has 0 radical (unpaired) electrons. The first-order valence-corrected chi connectivity index (χ1v) is 9.73. The SMILES string of the molecule is COC(=O)NC(Cc1ccccc1)C(=O)Nc1cccc(C(=O)N2CCOCC2)c1. The van der Waals surface area contributed by atoms with Crippen LogP contribution in [-0.4, -0.2) is 62.3 Å². The summed E-state index contributed by atoms with van der Waals surface area (Å²) in [4.78, 5) is 39.0. The molecule has 1 fully saturated rings. The lowest BCUT2D eigenvalue weighted by molar-refractivity contribution is -0.118. The molecule has 8 heteroatoms. The summed E-state index contributed by atoms with van der Waals surface area (Å²) in [6.45, 7) is 2.11. The van der Waals surface area contributed by atoms with E-state index in [0.29, 0.717) is 44.0 Å². The van der Waals surface area contributed by atoms with E-state index in [9.17, 15) is 14.4 Å². The van der Waals surface area contributed by atoms with Gasteiger partial charge < -0.3 is 25.0 Å². The second-order valence-electron chi connectivity index (χ2n) is 6.85. The molecule has 1 aliphatic rings. The zero-order valence-electron chi connectivity index (χ0n) is 16.8. The third-order valence-electron chi connectivity index (χ3n) is 4.75. The summed E-state index contributed by atoms with van der Waals surface area (Å²) < 4.78 is 9.93. The molecule has 3 amide bonds. The number of nitrogens with one attached hydrogen (secondary N) is 2. The highest BCUT2D eigenvalue weighted by molar-refractivity contribution is 5.99. The van der Waals surface area contributed by atoms with Crippen LogP contribution in [-0.2, 0) is 20.7 Å². The maximum atomic E-state index is 12.9. The second kappa shape index (κ2) is 10.4. The van der Waals surface area contributed by atoms with Crippen molar-refractivity contribution >= 4 is 23.6 Å². The van der Waals surface area contributed by atoms with Crippen molar-refractivity contribution in [3.63, 3.8) is 0 Å². The van der Waals surface area contributed by atoms with Crippen molar-refractivity contribution in [1.82, 2.24) is 10.2 Å². The number of carbonyl (C=O) groups excluding carboxylic acids is 3. The first-order chi connectivity index (χ1) is 14.6. The van der Waals surface area contributed by atoms with Gasteiger partial charge in [0.15, 0.2) is 0 Å². The minimum atomic E-state index is -0.835. The van der Waals surface area contributed by atoms with Crippen LogP contribution in [0.25, 0.3) is 0 Å². The Morgan fingerprint density at radius 1 is 1.07 bits per heavy atom. The second-order valence-corrected chi connectivity index (χ2v) is 6.85. The highest BCUT2D eigenvalue weighted by atomic mass is 16.5. The molecule has 1 aliphatic heterocycles. The molecule has 1 atom stereocenters. The van der Waals surface area contributed by atoms with E-state index in [2.05, 4.69) is 15.4 Å². The summed E-state index contributed by atoms with van der Waals surface area (Å²) in [5.74, 6) is -0.511. The number of anilines is 1. The van der Waals surface area contributed by atoms with Gasteiger partial charge in [-0.25, -0.2) is 4.79 Å². The number of benzene rings is 2. The molecule has 30 heavy (non-hydrogen) atoms. The fourth-order valence-corrected chi connectivity index (χ4v) is 3.17. The average molecular weight is 411 g/mol. The van der Waals surface area contributed by atoms with Gasteiger partial charge in [-0.2, -0.15) is 0 Å². The van der Waals surface area contributed by atoms with E-state index in [4.69, 9.17) is 4.74 Å². The third kappa shape index (κ3) is 5.81. The van der Waals surface area contributed by atoms with Crippen molar-refractivity contribution in [2.75, 3.05) is 38.7 Å². The number of amides is 3. The van der Waals surface area contributed by atoms with Gasteiger partial charge in [-0.15, -0.1) is 0 Å². The molecule has 0 saturated carbocycles. The van der Waals surface area contributed by atoms with E-state index in [0.717, 1.165) is 5.56 Å². The maximum absolute atomic E-state index is 12.9. The molecule has 158 valence electrons. The van der Waals surface area contributed by atoms with Crippen LogP contribution < -0.4 is 10.6 Å². The Bertz CT molecular complexity index is 881. The zero-order valence-corrected chi connectivity index (χ0v) is 16.8. The lowest BCUT2D eigenvalue weighted by Crippen LogP contribution is -2.45. The van der Waals surface area contributed by atoms with Gasteiger partial charge in [0, 0.05) is 30.8 Å². The number of methoxy groups -OCH3 is 1. The van der Waals surface area contributed by atoms with E-state index in [-0.39, 0.29) is 5.91 Å². The van der Waals surface area contributed by atoms with Crippen LogP contribution in [0.3, 0.4) is 0 Å². The molecule has 0 spiro atoms. The highest BCUT2D eigenvalue weighted by Crippen LogP contribution is 2.15. The predicted molar refractivity (Wildman–Crippen MR) is 111 cm³/mol. The average Bonchev–Trinajstić information content (AvgIpc) is 2.79. The fourth-order valence-electron chi connectivity index (χ4n) is 3.17. The normalized spacial score (nSPS) is 14.5. The minimum Gasteiger partial charge on any atom is -0.453 e. The number of rotatable bonds is 6. The number of alkyl carbamates (subject to hydrolysis) is 1. The zero-order chi connectivity index (χ0) is 21.3. The Kier molecular flexibility index (Phi) is 7.40. The Hall–Kier alpha value is -3.39. The van der Waals surface area contributed by atoms with E-state index in [1.807, 2.05) is 30.3 Å². The van der Waals surface area contributed by atoms with Gasteiger partial charge in [0.25, 0.3) is 5.91 Å². The summed E-state index contributed by atoms with van der Waals surface area (Å²) in [7, 11) is 1.24. The van der Waals surface area contributed by atoms with Gasteiger partial charge in [0.05, 0.1) is 20.3 Å². The summed E-state index contributed by atoms with van der Waals surface area (Å²) in [6.07, 6.45) is -0.393. The molecule has 2 aromatic rings. The Morgan fingerprint density at radius 3 is 2.50 bits per heavy atom. The standard InChI is InChI=1S/C22H25N3O5/c1-29-22(28)24-19(14-16-6-3-2-4-7-16)20(26)23-18-9-5-8-17(15-18)21(27)25-10-12-30-13-11-25/h2-9,15,19H,10-14H2,1H3,(H,23,26)(H,24,28). The molecule has 0 aromatic heterocycles. The molecule has 1 saturated heterocycles. The van der Waals surface area contributed by atoms with Crippen molar-refractivity contribution in [2.24, 2.45) is 0 Å². The summed E-state index contributed by atoms with van der Waals surface area (Å²) in [6, 6.07) is 15.3. The molecular formula is C22H25N3O5. The molecule has 2 N–H and O–H groups in total. The van der Waals surface area contributed by atoms with Crippen LogP contribution in [0.4, 0.5) is 10.5 Å². The van der Waals surface area contributed by atoms with E-state index >= 15 is 0 Å². The Morgan fingerprint density at radius 2 is 1.80 bits per heavy atom. The summed E-state index contributed by atoms with van der Waals surface area (Å²) in [5, 5.41) is 5.35. The molecule has 0 aliphatic carbocycles. The highest BCUT2D eigenvalue weighted by Gasteiger charge is 2.23. The quantitative estimate of drug-likeness (QED) is 0.759. The number of hydrogen-bond acceptors (Lipinski definition) is 5. The fraction of sp³-hybridized carbons (Fsp3) is 0.318. The van der Waals surface area contributed by atoms with Crippen LogP contribution in [0.15, 0.2) is 54.6 Å². The topological polar surface area (TPSA) is 97.0 Å². The van der Waals surface area contributed by atoms with Gasteiger partial charge in [0.2, 0.25) is 5.91 Å². The van der Waals surface area contributed by atoms with E-state index < -0.39 is 18.0 Å². The molecule has 1 unspecified atom stereocenters. The number of morpholine rings is 1. The largest absolute Gasteiger partial charge is 0.453 e. The number of hydrogen-bond donors (Lipinski definition) is 2. The Labute approximate surface area is 175 Å². The van der Waals surface area contributed by atoms with Crippen molar-refractivity contribution in [2.45, 2.75) is 12.5 Å². The summed E-state index contributed by atoms with van der Waals surface area (Å²) in [5.41, 5.74) is 1.85. The number of nitrogens with zero attached hydrogens (tertiary/aromatic N) is 1. The van der Waals surface area contributed by atoms with Crippen LogP contribution in [0.5, 0.6) is 0 Å².